The molecule has 0 fully saturated rings. The summed E-state index contributed by atoms with van der Waals surface area (Å²) in [5.74, 6) is -0.511. The highest BCUT2D eigenvalue weighted by atomic mass is 35.5. The third-order valence-corrected chi connectivity index (χ3v) is 4.39. The summed E-state index contributed by atoms with van der Waals surface area (Å²) in [6.07, 6.45) is 0. The molecule has 0 N–H and O–H groups in total. The van der Waals surface area contributed by atoms with E-state index in [2.05, 4.69) is 4.99 Å². The second-order valence-corrected chi connectivity index (χ2v) is 5.85. The molecule has 2 aromatic rings. The molecule has 1 atom stereocenters. The Morgan fingerprint density at radius 2 is 1.85 bits per heavy atom. The Morgan fingerprint density at radius 1 is 1.10 bits per heavy atom. The van der Waals surface area contributed by atoms with Crippen molar-refractivity contribution < 1.29 is 9.59 Å². The SMILES string of the molecule is O=C1C(=NCc2cccs2)C(Cl)C(=O)c2ccccc21. The molecular formula is C15H10ClNO2S. The van der Waals surface area contributed by atoms with Crippen LogP contribution in [0, 0.1) is 0 Å². The molecule has 100 valence electrons. The number of rotatable bonds is 2. The second-order valence-electron chi connectivity index (χ2n) is 4.38. The lowest BCUT2D eigenvalue weighted by Crippen LogP contribution is -2.38. The van der Waals surface area contributed by atoms with Crippen molar-refractivity contribution in [3.05, 3.63) is 57.8 Å². The molecule has 0 amide bonds. The summed E-state index contributed by atoms with van der Waals surface area (Å²) in [4.78, 5) is 29.8. The number of alkyl halides is 1. The summed E-state index contributed by atoms with van der Waals surface area (Å²) < 4.78 is 0. The molecule has 0 saturated carbocycles. The van der Waals surface area contributed by atoms with Crippen LogP contribution in [0.2, 0.25) is 0 Å². The minimum absolute atomic E-state index is 0.142. The van der Waals surface area contributed by atoms with Crippen LogP contribution in [-0.2, 0) is 6.54 Å². The normalized spacial score (nSPS) is 20.2. The van der Waals surface area contributed by atoms with E-state index in [0.29, 0.717) is 17.7 Å². The Labute approximate surface area is 124 Å². The van der Waals surface area contributed by atoms with Gasteiger partial charge < -0.3 is 0 Å². The largest absolute Gasteiger partial charge is 0.292 e. The zero-order valence-corrected chi connectivity index (χ0v) is 11.9. The van der Waals surface area contributed by atoms with Gasteiger partial charge in [0, 0.05) is 16.0 Å². The molecule has 1 unspecified atom stereocenters. The van der Waals surface area contributed by atoms with Crippen LogP contribution in [0.3, 0.4) is 0 Å². The van der Waals surface area contributed by atoms with E-state index in [1.165, 1.54) is 0 Å². The van der Waals surface area contributed by atoms with Gasteiger partial charge in [0.05, 0.1) is 6.54 Å². The van der Waals surface area contributed by atoms with Gasteiger partial charge in [-0.2, -0.15) is 0 Å². The predicted molar refractivity (Wildman–Crippen MR) is 80.2 cm³/mol. The van der Waals surface area contributed by atoms with Gasteiger partial charge >= 0.3 is 0 Å². The number of hydrogen-bond acceptors (Lipinski definition) is 4. The van der Waals surface area contributed by atoms with E-state index in [-0.39, 0.29) is 17.3 Å². The highest BCUT2D eigenvalue weighted by molar-refractivity contribution is 7.09. The molecule has 1 heterocycles. The Kier molecular flexibility index (Phi) is 3.51. The maximum Gasteiger partial charge on any atom is 0.209 e. The van der Waals surface area contributed by atoms with Gasteiger partial charge in [-0.1, -0.05) is 30.3 Å². The van der Waals surface area contributed by atoms with E-state index in [1.54, 1.807) is 35.6 Å². The Balaban J connectivity index is 1.99. The van der Waals surface area contributed by atoms with Gasteiger partial charge in [-0.3, -0.25) is 14.6 Å². The van der Waals surface area contributed by atoms with Crippen molar-refractivity contribution in [3.63, 3.8) is 0 Å². The van der Waals surface area contributed by atoms with Crippen LogP contribution in [0.5, 0.6) is 0 Å². The first-order valence-electron chi connectivity index (χ1n) is 6.07. The number of benzene rings is 1. The third kappa shape index (κ3) is 2.21. The van der Waals surface area contributed by atoms with Gasteiger partial charge in [-0.15, -0.1) is 22.9 Å². The minimum Gasteiger partial charge on any atom is -0.292 e. The molecule has 3 nitrogen and oxygen atoms in total. The first-order valence-corrected chi connectivity index (χ1v) is 7.39. The lowest BCUT2D eigenvalue weighted by Gasteiger charge is -2.19. The number of hydrogen-bond donors (Lipinski definition) is 0. The van der Waals surface area contributed by atoms with Crippen molar-refractivity contribution in [1.29, 1.82) is 0 Å². The standard InChI is InChI=1S/C15H10ClNO2S/c16-12-13(17-8-9-4-3-7-20-9)15(19)11-6-2-1-5-10(11)14(12)18/h1-7,12H,8H2. The molecule has 0 saturated heterocycles. The quantitative estimate of drug-likeness (QED) is 0.799. The van der Waals surface area contributed by atoms with E-state index >= 15 is 0 Å². The molecular weight excluding hydrogens is 294 g/mol. The van der Waals surface area contributed by atoms with E-state index in [9.17, 15) is 9.59 Å². The third-order valence-electron chi connectivity index (χ3n) is 3.13. The number of carbonyl (C=O) groups excluding carboxylic acids is 2. The van der Waals surface area contributed by atoms with Crippen molar-refractivity contribution in [1.82, 2.24) is 0 Å². The fourth-order valence-electron chi connectivity index (χ4n) is 2.13. The lowest BCUT2D eigenvalue weighted by molar-refractivity contribution is 0.0967. The average molecular weight is 304 g/mol. The average Bonchev–Trinajstić information content (AvgIpc) is 2.98. The molecule has 1 aromatic heterocycles. The molecule has 0 radical (unpaired) electrons. The van der Waals surface area contributed by atoms with Crippen LogP contribution in [0.1, 0.15) is 25.6 Å². The van der Waals surface area contributed by atoms with Gasteiger partial charge in [-0.25, -0.2) is 0 Å². The van der Waals surface area contributed by atoms with E-state index in [1.807, 2.05) is 17.5 Å². The van der Waals surface area contributed by atoms with Crippen LogP contribution in [0.25, 0.3) is 0 Å². The molecule has 20 heavy (non-hydrogen) atoms. The van der Waals surface area contributed by atoms with Gasteiger partial charge in [0.15, 0.2) is 5.78 Å². The van der Waals surface area contributed by atoms with Crippen molar-refractivity contribution in [3.8, 4) is 0 Å². The molecule has 1 aromatic carbocycles. The fourth-order valence-corrected chi connectivity index (χ4v) is 3.04. The molecule has 0 aliphatic heterocycles. The van der Waals surface area contributed by atoms with Crippen LogP contribution < -0.4 is 0 Å². The zero-order chi connectivity index (χ0) is 14.1. The van der Waals surface area contributed by atoms with Crippen molar-refractivity contribution in [2.75, 3.05) is 0 Å². The summed E-state index contributed by atoms with van der Waals surface area (Å²) >= 11 is 7.65. The van der Waals surface area contributed by atoms with E-state index < -0.39 is 5.38 Å². The first kappa shape index (κ1) is 13.2. The maximum absolute atomic E-state index is 12.4. The van der Waals surface area contributed by atoms with Crippen molar-refractivity contribution in [2.24, 2.45) is 4.99 Å². The van der Waals surface area contributed by atoms with Crippen molar-refractivity contribution in [2.45, 2.75) is 11.9 Å². The Bertz CT molecular complexity index is 706. The summed E-state index contributed by atoms with van der Waals surface area (Å²) in [5.41, 5.74) is 0.913. The maximum atomic E-state index is 12.4. The molecule has 0 spiro atoms. The van der Waals surface area contributed by atoms with Gasteiger partial charge in [0.2, 0.25) is 5.78 Å². The van der Waals surface area contributed by atoms with Crippen LogP contribution in [0.15, 0.2) is 46.8 Å². The number of nitrogens with zero attached hydrogens (tertiary/aromatic N) is 1. The highest BCUT2D eigenvalue weighted by Gasteiger charge is 2.36. The monoisotopic (exact) mass is 303 g/mol. The van der Waals surface area contributed by atoms with Crippen LogP contribution in [0.4, 0.5) is 0 Å². The molecule has 0 bridgehead atoms. The Hall–Kier alpha value is -1.78. The molecule has 5 heteroatoms. The molecule has 1 aliphatic carbocycles. The highest BCUT2D eigenvalue weighted by Crippen LogP contribution is 2.24. The van der Waals surface area contributed by atoms with Gasteiger partial charge in [-0.05, 0) is 11.4 Å². The molecule has 1 aliphatic rings. The minimum atomic E-state index is -0.989. The topological polar surface area (TPSA) is 46.5 Å². The first-order chi connectivity index (χ1) is 9.68. The molecule has 3 rings (SSSR count). The number of Topliss-reactive ketones (excluding diaryl/α,β-unsaturated/α-hetero) is 2. The smallest absolute Gasteiger partial charge is 0.209 e. The van der Waals surface area contributed by atoms with Crippen LogP contribution in [-0.4, -0.2) is 22.7 Å². The summed E-state index contributed by atoms with van der Waals surface area (Å²) in [6, 6.07) is 10.6. The van der Waals surface area contributed by atoms with E-state index in [0.717, 1.165) is 4.88 Å². The summed E-state index contributed by atoms with van der Waals surface area (Å²) in [5, 5.41) is 0.953. The Morgan fingerprint density at radius 3 is 2.55 bits per heavy atom. The van der Waals surface area contributed by atoms with Gasteiger partial charge in [0.1, 0.15) is 11.1 Å². The van der Waals surface area contributed by atoms with Crippen molar-refractivity contribution >= 4 is 40.2 Å². The number of carbonyl (C=O) groups is 2. The predicted octanol–water partition coefficient (Wildman–Crippen LogP) is 3.38. The van der Waals surface area contributed by atoms with Gasteiger partial charge in [0.25, 0.3) is 0 Å². The number of aliphatic imine (C=N–C) groups is 1. The zero-order valence-electron chi connectivity index (χ0n) is 10.4. The summed E-state index contributed by atoms with van der Waals surface area (Å²) in [6.45, 7) is 0.372. The van der Waals surface area contributed by atoms with E-state index in [4.69, 9.17) is 11.6 Å². The lowest BCUT2D eigenvalue weighted by atomic mass is 9.88. The number of fused-ring (bicyclic) bond motifs is 1. The number of thiophene rings is 1. The second kappa shape index (κ2) is 5.31. The van der Waals surface area contributed by atoms with Crippen LogP contribution >= 0.6 is 22.9 Å². The number of ketones is 2. The fraction of sp³-hybridized carbons (Fsp3) is 0.133. The number of halogens is 1. The summed E-state index contributed by atoms with van der Waals surface area (Å²) in [7, 11) is 0.